The van der Waals surface area contributed by atoms with Crippen LogP contribution in [0.1, 0.15) is 16.1 Å². The first-order valence-electron chi connectivity index (χ1n) is 11.2. The first kappa shape index (κ1) is 19.2. The second kappa shape index (κ2) is 7.62. The first-order chi connectivity index (χ1) is 16.3. The predicted molar refractivity (Wildman–Crippen MR) is 129 cm³/mol. The van der Waals surface area contributed by atoms with E-state index in [0.29, 0.717) is 0 Å². The maximum absolute atomic E-state index is 5.44. The van der Waals surface area contributed by atoms with Crippen LogP contribution in [-0.4, -0.2) is 56.6 Å². The molecule has 0 spiro atoms. The molecule has 164 valence electrons. The van der Waals surface area contributed by atoms with E-state index in [1.54, 1.807) is 0 Å². The third kappa shape index (κ3) is 3.30. The van der Waals surface area contributed by atoms with Gasteiger partial charge < -0.3 is 4.74 Å². The van der Waals surface area contributed by atoms with Gasteiger partial charge in [0.1, 0.15) is 0 Å². The number of pyridine rings is 1. The molecule has 7 rings (SSSR count). The molecule has 0 saturated carbocycles. The van der Waals surface area contributed by atoms with Gasteiger partial charge in [-0.2, -0.15) is 10.2 Å². The highest BCUT2D eigenvalue weighted by Crippen LogP contribution is 2.46. The Bertz CT molecular complexity index is 1460. The van der Waals surface area contributed by atoms with Crippen LogP contribution in [0.5, 0.6) is 0 Å². The highest BCUT2D eigenvalue weighted by molar-refractivity contribution is 7.16. The second-order valence-electron chi connectivity index (χ2n) is 8.65. The summed E-state index contributed by atoms with van der Waals surface area (Å²) in [6.07, 6.45) is 4.76. The van der Waals surface area contributed by atoms with Crippen LogP contribution in [-0.2, 0) is 17.7 Å². The Balaban J connectivity index is 1.15. The lowest BCUT2D eigenvalue weighted by Crippen LogP contribution is -2.35. The lowest BCUT2D eigenvalue weighted by molar-refractivity contribution is 0.0336. The number of thiophene rings is 1. The summed E-state index contributed by atoms with van der Waals surface area (Å²) in [6, 6.07) is 13.0. The summed E-state index contributed by atoms with van der Waals surface area (Å²) in [6.45, 7) is 4.47. The Morgan fingerprint density at radius 2 is 1.91 bits per heavy atom. The third-order valence-electron chi connectivity index (χ3n) is 6.60. The van der Waals surface area contributed by atoms with E-state index in [1.165, 1.54) is 26.4 Å². The molecule has 33 heavy (non-hydrogen) atoms. The number of H-pyrrole nitrogens is 2. The van der Waals surface area contributed by atoms with Gasteiger partial charge in [0.2, 0.25) is 0 Å². The number of aromatic amines is 2. The number of nitrogens with zero attached hydrogens (tertiary/aromatic N) is 4. The molecule has 0 radical (unpaired) electrons. The van der Waals surface area contributed by atoms with Gasteiger partial charge in [-0.05, 0) is 18.2 Å². The van der Waals surface area contributed by atoms with Crippen molar-refractivity contribution in [3.63, 3.8) is 0 Å². The van der Waals surface area contributed by atoms with Crippen LogP contribution in [0.25, 0.3) is 43.9 Å². The molecular formula is C25H22N6OS. The zero-order valence-corrected chi connectivity index (χ0v) is 18.8. The summed E-state index contributed by atoms with van der Waals surface area (Å²) in [5, 5.41) is 16.3. The van der Waals surface area contributed by atoms with Crippen LogP contribution in [0.3, 0.4) is 0 Å². The minimum Gasteiger partial charge on any atom is -0.379 e. The van der Waals surface area contributed by atoms with Crippen LogP contribution >= 0.6 is 11.3 Å². The fourth-order valence-corrected chi connectivity index (χ4v) is 5.98. The highest BCUT2D eigenvalue weighted by atomic mass is 32.1. The van der Waals surface area contributed by atoms with Gasteiger partial charge in [0.05, 0.1) is 42.0 Å². The van der Waals surface area contributed by atoms with Crippen molar-refractivity contribution in [1.29, 1.82) is 0 Å². The molecule has 0 unspecified atom stereocenters. The summed E-state index contributed by atoms with van der Waals surface area (Å²) in [7, 11) is 0. The van der Waals surface area contributed by atoms with Crippen LogP contribution in [0.2, 0.25) is 0 Å². The van der Waals surface area contributed by atoms with Crippen molar-refractivity contribution in [2.45, 2.75) is 13.0 Å². The Hall–Kier alpha value is -3.33. The highest BCUT2D eigenvalue weighted by Gasteiger charge is 2.28. The van der Waals surface area contributed by atoms with Crippen molar-refractivity contribution in [3.05, 3.63) is 64.9 Å². The molecule has 1 fully saturated rings. The predicted octanol–water partition coefficient (Wildman–Crippen LogP) is 4.48. The number of benzene rings is 1. The van der Waals surface area contributed by atoms with Gasteiger partial charge in [-0.1, -0.05) is 18.2 Å². The quantitative estimate of drug-likeness (QED) is 0.410. The molecular weight excluding hydrogens is 432 g/mol. The smallest absolute Gasteiger partial charge is 0.0963 e. The number of fused-ring (bicyclic) bond motifs is 4. The third-order valence-corrected chi connectivity index (χ3v) is 7.78. The van der Waals surface area contributed by atoms with Gasteiger partial charge in [0, 0.05) is 69.6 Å². The number of aromatic nitrogens is 5. The topological polar surface area (TPSA) is 82.7 Å². The molecule has 0 amide bonds. The maximum atomic E-state index is 5.44. The lowest BCUT2D eigenvalue weighted by atomic mass is 10.0. The summed E-state index contributed by atoms with van der Waals surface area (Å²) >= 11 is 1.85. The van der Waals surface area contributed by atoms with Gasteiger partial charge in [-0.3, -0.25) is 20.1 Å². The molecule has 2 aliphatic rings. The largest absolute Gasteiger partial charge is 0.379 e. The van der Waals surface area contributed by atoms with Gasteiger partial charge in [-0.25, -0.2) is 0 Å². The number of nitrogens with one attached hydrogen (secondary N) is 2. The molecule has 7 nitrogen and oxygen atoms in total. The van der Waals surface area contributed by atoms with E-state index >= 15 is 0 Å². The van der Waals surface area contributed by atoms with E-state index in [0.717, 1.165) is 72.8 Å². The molecule has 1 aromatic carbocycles. The first-order valence-corrected chi connectivity index (χ1v) is 12.0. The summed E-state index contributed by atoms with van der Waals surface area (Å²) in [5.41, 5.74) is 9.14. The van der Waals surface area contributed by atoms with Gasteiger partial charge in [0.15, 0.2) is 0 Å². The van der Waals surface area contributed by atoms with Crippen molar-refractivity contribution in [1.82, 2.24) is 30.3 Å². The molecule has 0 bridgehead atoms. The zero-order chi connectivity index (χ0) is 21.8. The number of morpholine rings is 1. The van der Waals surface area contributed by atoms with Gasteiger partial charge in [0.25, 0.3) is 0 Å². The number of hydrogen-bond donors (Lipinski definition) is 2. The normalized spacial score (nSPS) is 15.8. The summed E-state index contributed by atoms with van der Waals surface area (Å²) in [5.74, 6) is 0. The zero-order valence-electron chi connectivity index (χ0n) is 18.0. The molecule has 1 saturated heterocycles. The fourth-order valence-electron chi connectivity index (χ4n) is 4.81. The van der Waals surface area contributed by atoms with Crippen LogP contribution < -0.4 is 0 Å². The standard InChI is InChI=1S/C25H22N6OS/c1-2-16-13-27-28-21(16)9-15(1)24-20-11-23-19(25(20)30-29-24)10-22(33-23)17-3-4-18(26-12-17)14-31-5-7-32-8-6-31/h1-4,9-10,12-13H,5-8,11,14H2,(H,27,28)(H,29,30). The lowest BCUT2D eigenvalue weighted by Gasteiger charge is -2.26. The number of rotatable bonds is 4. The summed E-state index contributed by atoms with van der Waals surface area (Å²) in [4.78, 5) is 9.77. The van der Waals surface area contributed by atoms with E-state index in [2.05, 4.69) is 61.7 Å². The van der Waals surface area contributed by atoms with E-state index in [1.807, 2.05) is 23.7 Å². The Kier molecular flexibility index (Phi) is 4.43. The molecule has 4 aromatic heterocycles. The Labute approximate surface area is 194 Å². The van der Waals surface area contributed by atoms with Crippen LogP contribution in [0, 0.1) is 0 Å². The van der Waals surface area contributed by atoms with Crippen LogP contribution in [0.15, 0.2) is 48.8 Å². The molecule has 2 N–H and O–H groups in total. The van der Waals surface area contributed by atoms with Gasteiger partial charge >= 0.3 is 0 Å². The SMILES string of the molecule is c1cc(CN2CCOCC2)ncc1-c1cc2c(s1)Cc1c(-c3ccc4cn[nH]c4c3)n[nH]c1-2. The minimum atomic E-state index is 0.813. The molecule has 8 heteroatoms. The van der Waals surface area contributed by atoms with E-state index in [4.69, 9.17) is 9.72 Å². The fraction of sp³-hybridized carbons (Fsp3) is 0.240. The van der Waals surface area contributed by atoms with Crippen molar-refractivity contribution < 1.29 is 4.74 Å². The second-order valence-corrected chi connectivity index (χ2v) is 9.79. The average molecular weight is 455 g/mol. The number of hydrogen-bond acceptors (Lipinski definition) is 6. The van der Waals surface area contributed by atoms with Crippen molar-refractivity contribution in [3.8, 4) is 33.0 Å². The van der Waals surface area contributed by atoms with Crippen molar-refractivity contribution >= 4 is 22.2 Å². The van der Waals surface area contributed by atoms with Crippen molar-refractivity contribution in [2.24, 2.45) is 0 Å². The van der Waals surface area contributed by atoms with Gasteiger partial charge in [-0.15, -0.1) is 11.3 Å². The molecule has 1 aliphatic carbocycles. The minimum absolute atomic E-state index is 0.813. The monoisotopic (exact) mass is 454 g/mol. The maximum Gasteiger partial charge on any atom is 0.0963 e. The summed E-state index contributed by atoms with van der Waals surface area (Å²) < 4.78 is 5.44. The van der Waals surface area contributed by atoms with Crippen molar-refractivity contribution in [2.75, 3.05) is 26.3 Å². The number of ether oxygens (including phenoxy) is 1. The molecule has 0 atom stereocenters. The average Bonchev–Trinajstić information content (AvgIpc) is 3.61. The van der Waals surface area contributed by atoms with Crippen LogP contribution in [0.4, 0.5) is 0 Å². The molecule has 5 heterocycles. The van der Waals surface area contributed by atoms with E-state index < -0.39 is 0 Å². The molecule has 5 aromatic rings. The van der Waals surface area contributed by atoms with E-state index in [9.17, 15) is 0 Å². The van der Waals surface area contributed by atoms with E-state index in [-0.39, 0.29) is 0 Å². The Morgan fingerprint density at radius 3 is 2.79 bits per heavy atom. The Morgan fingerprint density at radius 1 is 1.00 bits per heavy atom. The molecule has 1 aliphatic heterocycles.